The van der Waals surface area contributed by atoms with Crippen molar-refractivity contribution in [3.63, 3.8) is 0 Å². The van der Waals surface area contributed by atoms with Crippen molar-refractivity contribution in [3.05, 3.63) is 0 Å². The lowest BCUT2D eigenvalue weighted by atomic mass is 9.79. The second kappa shape index (κ2) is 8.08. The second-order valence-corrected chi connectivity index (χ2v) is 5.52. The molecule has 0 aliphatic heterocycles. The van der Waals surface area contributed by atoms with Crippen LogP contribution in [0.1, 0.15) is 46.5 Å². The highest BCUT2D eigenvalue weighted by Crippen LogP contribution is 2.29. The Labute approximate surface area is 101 Å². The normalized spacial score (nSPS) is 26.2. The zero-order valence-corrected chi connectivity index (χ0v) is 11.3. The van der Waals surface area contributed by atoms with Gasteiger partial charge < -0.3 is 10.1 Å². The summed E-state index contributed by atoms with van der Waals surface area (Å²) in [6.45, 7) is 10.8. The molecular weight excluding hydrogens is 198 g/mol. The van der Waals surface area contributed by atoms with Gasteiger partial charge in [0, 0.05) is 13.2 Å². The van der Waals surface area contributed by atoms with Crippen LogP contribution in [0.4, 0.5) is 0 Å². The van der Waals surface area contributed by atoms with Crippen molar-refractivity contribution in [3.8, 4) is 0 Å². The van der Waals surface area contributed by atoms with Crippen LogP contribution in [0.15, 0.2) is 0 Å². The molecule has 96 valence electrons. The highest BCUT2D eigenvalue weighted by molar-refractivity contribution is 4.77. The van der Waals surface area contributed by atoms with Gasteiger partial charge in [-0.3, -0.25) is 0 Å². The molecule has 0 aromatic rings. The van der Waals surface area contributed by atoms with Crippen LogP contribution in [0, 0.1) is 17.8 Å². The summed E-state index contributed by atoms with van der Waals surface area (Å²) in [5, 5.41) is 3.61. The first-order valence-corrected chi connectivity index (χ1v) is 7.02. The third kappa shape index (κ3) is 5.31. The number of nitrogens with one attached hydrogen (secondary N) is 1. The molecule has 0 amide bonds. The Bertz CT molecular complexity index is 170. The van der Waals surface area contributed by atoms with Gasteiger partial charge in [0.2, 0.25) is 0 Å². The van der Waals surface area contributed by atoms with Gasteiger partial charge in [-0.15, -0.1) is 0 Å². The third-order valence-electron chi connectivity index (χ3n) is 3.56. The predicted octanol–water partition coefficient (Wildman–Crippen LogP) is 3.07. The molecule has 2 heteroatoms. The SMILES string of the molecule is CCOCC1CCCCC1CNCC(C)C. The van der Waals surface area contributed by atoms with Crippen molar-refractivity contribution in [1.82, 2.24) is 5.32 Å². The summed E-state index contributed by atoms with van der Waals surface area (Å²) in [4.78, 5) is 0. The zero-order chi connectivity index (χ0) is 11.8. The van der Waals surface area contributed by atoms with E-state index in [2.05, 4.69) is 26.1 Å². The molecular formula is C14H29NO. The molecule has 1 aliphatic carbocycles. The van der Waals surface area contributed by atoms with E-state index < -0.39 is 0 Å². The zero-order valence-electron chi connectivity index (χ0n) is 11.3. The molecule has 0 aromatic carbocycles. The Balaban J connectivity index is 2.23. The van der Waals surface area contributed by atoms with E-state index >= 15 is 0 Å². The summed E-state index contributed by atoms with van der Waals surface area (Å²) < 4.78 is 5.60. The fourth-order valence-electron chi connectivity index (χ4n) is 2.60. The molecule has 2 unspecified atom stereocenters. The molecule has 0 bridgehead atoms. The maximum Gasteiger partial charge on any atom is 0.0497 e. The van der Waals surface area contributed by atoms with Gasteiger partial charge >= 0.3 is 0 Å². The van der Waals surface area contributed by atoms with E-state index in [0.717, 1.165) is 37.5 Å². The largest absolute Gasteiger partial charge is 0.381 e. The molecule has 0 aromatic heterocycles. The fraction of sp³-hybridized carbons (Fsp3) is 1.00. The molecule has 1 N–H and O–H groups in total. The predicted molar refractivity (Wildman–Crippen MR) is 69.6 cm³/mol. The molecule has 1 aliphatic rings. The minimum Gasteiger partial charge on any atom is -0.381 e. The number of rotatable bonds is 7. The van der Waals surface area contributed by atoms with Crippen LogP contribution in [0.25, 0.3) is 0 Å². The first-order valence-electron chi connectivity index (χ1n) is 7.02. The summed E-state index contributed by atoms with van der Waals surface area (Å²) >= 11 is 0. The maximum absolute atomic E-state index is 5.60. The van der Waals surface area contributed by atoms with E-state index in [9.17, 15) is 0 Å². The molecule has 1 fully saturated rings. The van der Waals surface area contributed by atoms with Crippen LogP contribution in [-0.4, -0.2) is 26.3 Å². The summed E-state index contributed by atoms with van der Waals surface area (Å²) in [5.41, 5.74) is 0. The van der Waals surface area contributed by atoms with Gasteiger partial charge in [-0.05, 0) is 50.6 Å². The van der Waals surface area contributed by atoms with E-state index in [-0.39, 0.29) is 0 Å². The van der Waals surface area contributed by atoms with Crippen molar-refractivity contribution in [1.29, 1.82) is 0 Å². The lowest BCUT2D eigenvalue weighted by Gasteiger charge is -2.31. The molecule has 2 atom stereocenters. The Morgan fingerprint density at radius 1 is 1.19 bits per heavy atom. The van der Waals surface area contributed by atoms with Crippen LogP contribution >= 0.6 is 0 Å². The maximum atomic E-state index is 5.60. The van der Waals surface area contributed by atoms with Crippen molar-refractivity contribution >= 4 is 0 Å². The van der Waals surface area contributed by atoms with Gasteiger partial charge in [0.05, 0.1) is 0 Å². The summed E-state index contributed by atoms with van der Waals surface area (Å²) in [6.07, 6.45) is 5.58. The van der Waals surface area contributed by atoms with Gasteiger partial charge in [0.1, 0.15) is 0 Å². The molecule has 0 spiro atoms. The second-order valence-electron chi connectivity index (χ2n) is 5.52. The summed E-state index contributed by atoms with van der Waals surface area (Å²) in [6, 6.07) is 0. The number of hydrogen-bond acceptors (Lipinski definition) is 2. The highest BCUT2D eigenvalue weighted by atomic mass is 16.5. The van der Waals surface area contributed by atoms with E-state index in [1.165, 1.54) is 32.2 Å². The van der Waals surface area contributed by atoms with Gasteiger partial charge in [-0.1, -0.05) is 26.7 Å². The summed E-state index contributed by atoms with van der Waals surface area (Å²) in [7, 11) is 0. The van der Waals surface area contributed by atoms with Crippen molar-refractivity contribution < 1.29 is 4.74 Å². The lowest BCUT2D eigenvalue weighted by molar-refractivity contribution is 0.0659. The van der Waals surface area contributed by atoms with Crippen molar-refractivity contribution in [2.75, 3.05) is 26.3 Å². The molecule has 0 radical (unpaired) electrons. The third-order valence-corrected chi connectivity index (χ3v) is 3.56. The van der Waals surface area contributed by atoms with Crippen LogP contribution in [0.2, 0.25) is 0 Å². The fourth-order valence-corrected chi connectivity index (χ4v) is 2.60. The van der Waals surface area contributed by atoms with Crippen molar-refractivity contribution in [2.45, 2.75) is 46.5 Å². The van der Waals surface area contributed by atoms with E-state index in [1.807, 2.05) is 0 Å². The first kappa shape index (κ1) is 14.0. The van der Waals surface area contributed by atoms with E-state index in [4.69, 9.17) is 4.74 Å². The van der Waals surface area contributed by atoms with Crippen LogP contribution in [0.3, 0.4) is 0 Å². The molecule has 2 nitrogen and oxygen atoms in total. The number of hydrogen-bond donors (Lipinski definition) is 1. The Kier molecular flexibility index (Phi) is 7.06. The highest BCUT2D eigenvalue weighted by Gasteiger charge is 2.24. The Morgan fingerprint density at radius 2 is 1.88 bits per heavy atom. The molecule has 0 saturated heterocycles. The van der Waals surface area contributed by atoms with Crippen LogP contribution in [0.5, 0.6) is 0 Å². The topological polar surface area (TPSA) is 21.3 Å². The van der Waals surface area contributed by atoms with Gasteiger partial charge in [-0.2, -0.15) is 0 Å². The van der Waals surface area contributed by atoms with E-state index in [0.29, 0.717) is 0 Å². The number of ether oxygens (including phenoxy) is 1. The smallest absolute Gasteiger partial charge is 0.0497 e. The van der Waals surface area contributed by atoms with Crippen LogP contribution in [-0.2, 0) is 4.74 Å². The minimum atomic E-state index is 0.758. The van der Waals surface area contributed by atoms with Gasteiger partial charge in [-0.25, -0.2) is 0 Å². The molecule has 16 heavy (non-hydrogen) atoms. The van der Waals surface area contributed by atoms with Crippen molar-refractivity contribution in [2.24, 2.45) is 17.8 Å². The van der Waals surface area contributed by atoms with Gasteiger partial charge in [0.25, 0.3) is 0 Å². The molecule has 1 rings (SSSR count). The van der Waals surface area contributed by atoms with Crippen LogP contribution < -0.4 is 5.32 Å². The monoisotopic (exact) mass is 227 g/mol. The average molecular weight is 227 g/mol. The minimum absolute atomic E-state index is 0.758. The molecule has 1 saturated carbocycles. The summed E-state index contributed by atoms with van der Waals surface area (Å²) in [5.74, 6) is 2.40. The van der Waals surface area contributed by atoms with Gasteiger partial charge in [0.15, 0.2) is 0 Å². The standard InChI is InChI=1S/C14H29NO/c1-4-16-11-14-8-6-5-7-13(14)10-15-9-12(2)3/h12-15H,4-11H2,1-3H3. The average Bonchev–Trinajstić information content (AvgIpc) is 2.27. The van der Waals surface area contributed by atoms with E-state index in [1.54, 1.807) is 0 Å². The lowest BCUT2D eigenvalue weighted by Crippen LogP contribution is -2.34. The Hall–Kier alpha value is -0.0800. The first-order chi connectivity index (χ1) is 7.74. The Morgan fingerprint density at radius 3 is 2.50 bits per heavy atom. The quantitative estimate of drug-likeness (QED) is 0.721. The molecule has 0 heterocycles.